The average Bonchev–Trinajstić information content (AvgIpc) is 2.78. The van der Waals surface area contributed by atoms with Crippen molar-refractivity contribution in [2.45, 2.75) is 70.0 Å². The maximum atomic E-state index is 3.85. The van der Waals surface area contributed by atoms with Crippen LogP contribution in [0, 0.1) is 11.8 Å². The molecule has 0 aromatic rings. The first-order valence-electron chi connectivity index (χ1n) is 7.67. The number of nitrogens with one attached hydrogen (secondary N) is 1. The van der Waals surface area contributed by atoms with E-state index in [-0.39, 0.29) is 0 Å². The fourth-order valence-electron chi connectivity index (χ4n) is 4.42. The van der Waals surface area contributed by atoms with Gasteiger partial charge < -0.3 is 10.2 Å². The first-order chi connectivity index (χ1) is 8.22. The summed E-state index contributed by atoms with van der Waals surface area (Å²) in [6, 6.07) is 2.65. The molecule has 0 aromatic heterocycles. The van der Waals surface area contributed by atoms with Crippen molar-refractivity contribution in [3.05, 3.63) is 0 Å². The lowest BCUT2D eigenvalue weighted by atomic mass is 9.91. The van der Waals surface area contributed by atoms with Crippen LogP contribution in [0.15, 0.2) is 0 Å². The minimum Gasteiger partial charge on any atom is -0.314 e. The molecule has 0 spiro atoms. The van der Waals surface area contributed by atoms with Crippen molar-refractivity contribution in [1.29, 1.82) is 0 Å². The molecule has 0 amide bonds. The van der Waals surface area contributed by atoms with Crippen molar-refractivity contribution in [3.8, 4) is 0 Å². The zero-order valence-electron chi connectivity index (χ0n) is 11.5. The van der Waals surface area contributed by atoms with E-state index in [4.69, 9.17) is 0 Å². The Kier molecular flexibility index (Phi) is 3.45. The number of rotatable bonds is 3. The van der Waals surface area contributed by atoms with Crippen LogP contribution >= 0.6 is 0 Å². The quantitative estimate of drug-likeness (QED) is 0.810. The lowest BCUT2D eigenvalue weighted by Crippen LogP contribution is -2.43. The topological polar surface area (TPSA) is 15.3 Å². The van der Waals surface area contributed by atoms with E-state index in [0.717, 1.165) is 30.0 Å². The van der Waals surface area contributed by atoms with Crippen LogP contribution in [0.2, 0.25) is 0 Å². The van der Waals surface area contributed by atoms with Crippen LogP contribution in [0.1, 0.15) is 51.9 Å². The Hall–Kier alpha value is -0.0800. The molecule has 2 bridgehead atoms. The Balaban J connectivity index is 1.44. The Morgan fingerprint density at radius 1 is 1.00 bits per heavy atom. The molecule has 2 aliphatic heterocycles. The van der Waals surface area contributed by atoms with Crippen molar-refractivity contribution in [3.63, 3.8) is 0 Å². The summed E-state index contributed by atoms with van der Waals surface area (Å²) in [7, 11) is 2.34. The molecule has 2 heterocycles. The van der Waals surface area contributed by atoms with Gasteiger partial charge in [-0.1, -0.05) is 6.92 Å². The minimum atomic E-state index is 0.835. The zero-order chi connectivity index (χ0) is 11.8. The normalized spacial score (nSPS) is 46.6. The van der Waals surface area contributed by atoms with Crippen LogP contribution in [0.5, 0.6) is 0 Å². The monoisotopic (exact) mass is 236 g/mol. The predicted octanol–water partition coefficient (Wildman–Crippen LogP) is 2.64. The molecular weight excluding hydrogens is 208 g/mol. The van der Waals surface area contributed by atoms with Crippen molar-refractivity contribution in [1.82, 2.24) is 10.2 Å². The van der Waals surface area contributed by atoms with E-state index < -0.39 is 0 Å². The third kappa shape index (κ3) is 2.53. The highest BCUT2D eigenvalue weighted by Crippen LogP contribution is 2.37. The smallest absolute Gasteiger partial charge is 0.00988 e. The molecule has 2 heteroatoms. The van der Waals surface area contributed by atoms with Gasteiger partial charge in [-0.05, 0) is 70.4 Å². The van der Waals surface area contributed by atoms with Gasteiger partial charge in [-0.25, -0.2) is 0 Å². The van der Waals surface area contributed by atoms with Crippen molar-refractivity contribution < 1.29 is 0 Å². The summed E-state index contributed by atoms with van der Waals surface area (Å²) < 4.78 is 0. The van der Waals surface area contributed by atoms with Gasteiger partial charge in [0.1, 0.15) is 0 Å². The molecular formula is C15H28N2. The second kappa shape index (κ2) is 4.89. The number of hydrogen-bond acceptors (Lipinski definition) is 2. The number of hydrogen-bond donors (Lipinski definition) is 1. The van der Waals surface area contributed by atoms with E-state index in [9.17, 15) is 0 Å². The van der Waals surface area contributed by atoms with Crippen molar-refractivity contribution in [2.75, 3.05) is 13.6 Å². The van der Waals surface area contributed by atoms with E-state index in [2.05, 4.69) is 24.2 Å². The molecule has 0 radical (unpaired) electrons. The van der Waals surface area contributed by atoms with Gasteiger partial charge in [0.15, 0.2) is 0 Å². The summed E-state index contributed by atoms with van der Waals surface area (Å²) in [6.45, 7) is 3.69. The van der Waals surface area contributed by atoms with Crippen molar-refractivity contribution in [2.24, 2.45) is 11.8 Å². The molecule has 98 valence electrons. The van der Waals surface area contributed by atoms with Gasteiger partial charge >= 0.3 is 0 Å². The van der Waals surface area contributed by atoms with E-state index in [0.29, 0.717) is 0 Å². The molecule has 3 aliphatic rings. The molecule has 17 heavy (non-hydrogen) atoms. The Bertz CT molecular complexity index is 252. The highest BCUT2D eigenvalue weighted by molar-refractivity contribution is 4.94. The van der Waals surface area contributed by atoms with Gasteiger partial charge in [0.05, 0.1) is 0 Å². The summed E-state index contributed by atoms with van der Waals surface area (Å²) in [5.41, 5.74) is 0. The fourth-order valence-corrected chi connectivity index (χ4v) is 4.42. The molecule has 2 saturated heterocycles. The molecule has 2 nitrogen and oxygen atoms in total. The maximum Gasteiger partial charge on any atom is 0.00988 e. The third-order valence-electron chi connectivity index (χ3n) is 5.59. The molecule has 0 aromatic carbocycles. The molecule has 1 N–H and O–H groups in total. The predicted molar refractivity (Wildman–Crippen MR) is 72.1 cm³/mol. The number of piperidine rings is 1. The highest BCUT2D eigenvalue weighted by atomic mass is 15.2. The maximum absolute atomic E-state index is 3.85. The molecule has 1 aliphatic carbocycles. The zero-order valence-corrected chi connectivity index (χ0v) is 11.5. The van der Waals surface area contributed by atoms with Gasteiger partial charge in [0.2, 0.25) is 0 Å². The summed E-state index contributed by atoms with van der Waals surface area (Å²) in [6.07, 6.45) is 10.1. The molecule has 3 rings (SSSR count). The van der Waals surface area contributed by atoms with Crippen LogP contribution in [0.4, 0.5) is 0 Å². The van der Waals surface area contributed by atoms with Gasteiger partial charge in [0, 0.05) is 18.1 Å². The Labute approximate surface area is 106 Å². The van der Waals surface area contributed by atoms with Crippen LogP contribution < -0.4 is 5.32 Å². The van der Waals surface area contributed by atoms with Crippen molar-refractivity contribution >= 4 is 0 Å². The first-order valence-corrected chi connectivity index (χ1v) is 7.67. The summed E-state index contributed by atoms with van der Waals surface area (Å²) in [4.78, 5) is 2.65. The molecule has 4 atom stereocenters. The van der Waals surface area contributed by atoms with E-state index in [1.54, 1.807) is 0 Å². The lowest BCUT2D eigenvalue weighted by molar-refractivity contribution is 0.131. The minimum absolute atomic E-state index is 0.835. The Morgan fingerprint density at radius 3 is 2.29 bits per heavy atom. The number of fused-ring (bicyclic) bond motifs is 2. The largest absolute Gasteiger partial charge is 0.314 e. The molecule has 3 fully saturated rings. The van der Waals surface area contributed by atoms with Gasteiger partial charge in [0.25, 0.3) is 0 Å². The highest BCUT2D eigenvalue weighted by Gasteiger charge is 2.38. The fraction of sp³-hybridized carbons (Fsp3) is 1.00. The first kappa shape index (κ1) is 12.0. The van der Waals surface area contributed by atoms with E-state index in [1.807, 2.05) is 0 Å². The van der Waals surface area contributed by atoms with Crippen LogP contribution in [-0.4, -0.2) is 36.6 Å². The standard InChI is InChI=1S/C15H28N2/c1-11-3-4-13(7-11)16-10-12-8-14-5-6-15(9-12)17(14)2/h11-16H,3-10H2,1-2H3. The summed E-state index contributed by atoms with van der Waals surface area (Å²) in [5.74, 6) is 1.92. The van der Waals surface area contributed by atoms with Gasteiger partial charge in [-0.2, -0.15) is 0 Å². The van der Waals surface area contributed by atoms with E-state index in [1.165, 1.54) is 51.5 Å². The second-order valence-electron chi connectivity index (χ2n) is 6.91. The third-order valence-corrected chi connectivity index (χ3v) is 5.59. The molecule has 1 saturated carbocycles. The van der Waals surface area contributed by atoms with Crippen LogP contribution in [-0.2, 0) is 0 Å². The summed E-state index contributed by atoms with van der Waals surface area (Å²) in [5, 5.41) is 3.85. The second-order valence-corrected chi connectivity index (χ2v) is 6.91. The van der Waals surface area contributed by atoms with Gasteiger partial charge in [-0.15, -0.1) is 0 Å². The average molecular weight is 236 g/mol. The SMILES string of the molecule is CC1CCC(NCC2CC3CCC(C2)N3C)C1. The Morgan fingerprint density at radius 2 is 1.71 bits per heavy atom. The van der Waals surface area contributed by atoms with Crippen LogP contribution in [0.25, 0.3) is 0 Å². The van der Waals surface area contributed by atoms with Crippen LogP contribution in [0.3, 0.4) is 0 Å². The number of nitrogens with zero attached hydrogens (tertiary/aromatic N) is 1. The molecule has 4 unspecified atom stereocenters. The summed E-state index contributed by atoms with van der Waals surface area (Å²) >= 11 is 0. The lowest BCUT2D eigenvalue weighted by Gasteiger charge is -2.36. The van der Waals surface area contributed by atoms with E-state index >= 15 is 0 Å². The van der Waals surface area contributed by atoms with Gasteiger partial charge in [-0.3, -0.25) is 0 Å².